The second-order valence-corrected chi connectivity index (χ2v) is 2.77. The lowest BCUT2D eigenvalue weighted by atomic mass is 10.3. The molecule has 13 heavy (non-hydrogen) atoms. The highest BCUT2D eigenvalue weighted by atomic mass is 16.1. The topological polar surface area (TPSA) is 60.2 Å². The van der Waals surface area contributed by atoms with Crippen molar-refractivity contribution in [3.05, 3.63) is 23.9 Å². The van der Waals surface area contributed by atoms with E-state index < -0.39 is 0 Å². The number of ketones is 1. The fourth-order valence-electron chi connectivity index (χ4n) is 1.19. The van der Waals surface area contributed by atoms with Crippen LogP contribution in [0, 0.1) is 6.92 Å². The molecule has 5 heteroatoms. The molecule has 0 spiro atoms. The van der Waals surface area contributed by atoms with Gasteiger partial charge in [-0.25, -0.2) is 4.98 Å². The van der Waals surface area contributed by atoms with Crippen LogP contribution in [0.1, 0.15) is 23.2 Å². The zero-order valence-corrected chi connectivity index (χ0v) is 7.35. The minimum absolute atomic E-state index is 0.0991. The monoisotopic (exact) mass is 176 g/mol. The normalized spacial score (nSPS) is 10.6. The van der Waals surface area contributed by atoms with Gasteiger partial charge in [-0.3, -0.25) is 9.20 Å². The Morgan fingerprint density at radius 2 is 2.23 bits per heavy atom. The van der Waals surface area contributed by atoms with Gasteiger partial charge in [0.05, 0.1) is 0 Å². The van der Waals surface area contributed by atoms with E-state index in [0.717, 1.165) is 5.82 Å². The number of fused-ring (bicyclic) bond motifs is 1. The fraction of sp³-hybridized carbons (Fsp3) is 0.250. The van der Waals surface area contributed by atoms with Crippen LogP contribution in [0.4, 0.5) is 0 Å². The Morgan fingerprint density at radius 1 is 1.46 bits per heavy atom. The van der Waals surface area contributed by atoms with Crippen molar-refractivity contribution in [3.8, 4) is 0 Å². The highest BCUT2D eigenvalue weighted by Gasteiger charge is 2.10. The number of rotatable bonds is 1. The minimum Gasteiger partial charge on any atom is -0.293 e. The molecule has 2 heterocycles. The summed E-state index contributed by atoms with van der Waals surface area (Å²) < 4.78 is 1.74. The first-order chi connectivity index (χ1) is 6.20. The molecular weight excluding hydrogens is 168 g/mol. The summed E-state index contributed by atoms with van der Waals surface area (Å²) in [6, 6.07) is 0. The maximum atomic E-state index is 11.1. The van der Waals surface area contributed by atoms with E-state index in [1.165, 1.54) is 6.92 Å². The molecule has 2 rings (SSSR count). The predicted molar refractivity (Wildman–Crippen MR) is 45.5 cm³/mol. The Labute approximate surface area is 74.4 Å². The third-order valence-corrected chi connectivity index (χ3v) is 1.83. The van der Waals surface area contributed by atoms with Gasteiger partial charge in [-0.05, 0) is 6.92 Å². The highest BCUT2D eigenvalue weighted by Crippen LogP contribution is 2.06. The number of carbonyl (C=O) groups is 1. The van der Waals surface area contributed by atoms with Crippen molar-refractivity contribution in [2.45, 2.75) is 13.8 Å². The summed E-state index contributed by atoms with van der Waals surface area (Å²) in [6.07, 6.45) is 3.30. The summed E-state index contributed by atoms with van der Waals surface area (Å²) in [4.78, 5) is 15.1. The van der Waals surface area contributed by atoms with Crippen LogP contribution < -0.4 is 0 Å². The van der Waals surface area contributed by atoms with Crippen molar-refractivity contribution in [1.29, 1.82) is 0 Å². The Balaban J connectivity index is 2.84. The lowest BCUT2D eigenvalue weighted by Gasteiger charge is -1.96. The summed E-state index contributed by atoms with van der Waals surface area (Å²) in [6.45, 7) is 3.29. The van der Waals surface area contributed by atoms with Crippen LogP contribution >= 0.6 is 0 Å². The maximum Gasteiger partial charge on any atom is 0.190 e. The Morgan fingerprint density at radius 3 is 2.92 bits per heavy atom. The maximum absolute atomic E-state index is 11.1. The van der Waals surface area contributed by atoms with Crippen molar-refractivity contribution >= 4 is 11.4 Å². The van der Waals surface area contributed by atoms with E-state index in [4.69, 9.17) is 0 Å². The molecule has 2 aromatic heterocycles. The van der Waals surface area contributed by atoms with Gasteiger partial charge in [0.15, 0.2) is 17.1 Å². The molecule has 0 atom stereocenters. The number of carbonyl (C=O) groups excluding carboxylic acids is 1. The molecular formula is C8H8N4O. The summed E-state index contributed by atoms with van der Waals surface area (Å²) in [7, 11) is 0. The molecule has 0 amide bonds. The van der Waals surface area contributed by atoms with Gasteiger partial charge in [-0.2, -0.15) is 0 Å². The van der Waals surface area contributed by atoms with E-state index in [2.05, 4.69) is 15.2 Å². The van der Waals surface area contributed by atoms with Gasteiger partial charge < -0.3 is 0 Å². The average molecular weight is 176 g/mol. The van der Waals surface area contributed by atoms with Gasteiger partial charge in [0.1, 0.15) is 5.82 Å². The predicted octanol–water partition coefficient (Wildman–Crippen LogP) is 0.635. The Hall–Kier alpha value is -1.78. The number of nitrogens with zero attached hydrogens (tertiary/aromatic N) is 4. The quantitative estimate of drug-likeness (QED) is 0.598. The number of hydrogen-bond acceptors (Lipinski definition) is 4. The van der Waals surface area contributed by atoms with Crippen molar-refractivity contribution in [2.24, 2.45) is 0 Å². The van der Waals surface area contributed by atoms with Crippen molar-refractivity contribution in [2.75, 3.05) is 0 Å². The van der Waals surface area contributed by atoms with Gasteiger partial charge in [0.2, 0.25) is 0 Å². The third-order valence-electron chi connectivity index (χ3n) is 1.83. The first-order valence-corrected chi connectivity index (χ1v) is 3.87. The molecule has 0 bridgehead atoms. The Bertz CT molecular complexity index is 474. The van der Waals surface area contributed by atoms with E-state index in [-0.39, 0.29) is 5.78 Å². The first kappa shape index (κ1) is 7.85. The highest BCUT2D eigenvalue weighted by molar-refractivity contribution is 5.97. The molecule has 0 N–H and O–H groups in total. The zero-order chi connectivity index (χ0) is 9.42. The molecule has 0 fully saturated rings. The van der Waals surface area contributed by atoms with Crippen LogP contribution in [-0.4, -0.2) is 25.4 Å². The largest absolute Gasteiger partial charge is 0.293 e. The van der Waals surface area contributed by atoms with Gasteiger partial charge >= 0.3 is 0 Å². The van der Waals surface area contributed by atoms with E-state index in [1.54, 1.807) is 16.8 Å². The second-order valence-electron chi connectivity index (χ2n) is 2.77. The van der Waals surface area contributed by atoms with Crippen LogP contribution in [0.25, 0.3) is 5.65 Å². The molecule has 2 aromatic rings. The molecule has 0 radical (unpaired) electrons. The number of Topliss-reactive ketones (excluding diaryl/α,β-unsaturated/α-hetero) is 1. The van der Waals surface area contributed by atoms with Gasteiger partial charge in [-0.15, -0.1) is 10.2 Å². The molecule has 0 unspecified atom stereocenters. The second kappa shape index (κ2) is 2.62. The smallest absolute Gasteiger partial charge is 0.190 e. The third kappa shape index (κ3) is 1.09. The van der Waals surface area contributed by atoms with Crippen LogP contribution in [-0.2, 0) is 0 Å². The summed E-state index contributed by atoms with van der Waals surface area (Å²) in [5, 5.41) is 7.73. The van der Waals surface area contributed by atoms with Gasteiger partial charge in [-0.1, -0.05) is 0 Å². The van der Waals surface area contributed by atoms with Crippen LogP contribution in [0.3, 0.4) is 0 Å². The van der Waals surface area contributed by atoms with Crippen molar-refractivity contribution in [3.63, 3.8) is 0 Å². The summed E-state index contributed by atoms with van der Waals surface area (Å²) >= 11 is 0. The summed E-state index contributed by atoms with van der Waals surface area (Å²) in [5.41, 5.74) is 0.885. The molecule has 0 aliphatic heterocycles. The van der Waals surface area contributed by atoms with E-state index in [9.17, 15) is 4.79 Å². The Kier molecular flexibility index (Phi) is 1.58. The summed E-state index contributed by atoms with van der Waals surface area (Å²) in [5.74, 6) is 0.651. The van der Waals surface area contributed by atoms with Crippen molar-refractivity contribution < 1.29 is 4.79 Å². The molecule has 5 nitrogen and oxygen atoms in total. The molecule has 0 saturated carbocycles. The zero-order valence-electron chi connectivity index (χ0n) is 7.35. The van der Waals surface area contributed by atoms with Gasteiger partial charge in [0.25, 0.3) is 0 Å². The number of aromatic nitrogens is 4. The van der Waals surface area contributed by atoms with Gasteiger partial charge in [0, 0.05) is 19.3 Å². The molecule has 66 valence electrons. The average Bonchev–Trinajstić information content (AvgIpc) is 2.48. The minimum atomic E-state index is -0.0991. The lowest BCUT2D eigenvalue weighted by molar-refractivity contribution is 0.101. The standard InChI is InChI=1S/C8H8N4O/c1-5(13)7-8-11-10-6(2)12(8)4-3-9-7/h3-4H,1-2H3. The van der Waals surface area contributed by atoms with Crippen molar-refractivity contribution in [1.82, 2.24) is 19.6 Å². The van der Waals surface area contributed by atoms with E-state index >= 15 is 0 Å². The first-order valence-electron chi connectivity index (χ1n) is 3.87. The SMILES string of the molecule is CC(=O)c1nccn2c(C)nnc12. The molecule has 0 aromatic carbocycles. The lowest BCUT2D eigenvalue weighted by Crippen LogP contribution is -2.01. The van der Waals surface area contributed by atoms with Crippen LogP contribution in [0.2, 0.25) is 0 Å². The van der Waals surface area contributed by atoms with Crippen LogP contribution in [0.5, 0.6) is 0 Å². The van der Waals surface area contributed by atoms with Crippen LogP contribution in [0.15, 0.2) is 12.4 Å². The number of hydrogen-bond donors (Lipinski definition) is 0. The molecule has 0 aliphatic rings. The van der Waals surface area contributed by atoms with E-state index in [1.807, 2.05) is 6.92 Å². The molecule has 0 saturated heterocycles. The fourth-order valence-corrected chi connectivity index (χ4v) is 1.19. The van der Waals surface area contributed by atoms with E-state index in [0.29, 0.717) is 11.3 Å². The number of aryl methyl sites for hydroxylation is 1. The molecule has 0 aliphatic carbocycles.